The van der Waals surface area contributed by atoms with Crippen molar-refractivity contribution in [3.63, 3.8) is 0 Å². The molecule has 3 heteroatoms. The van der Waals surface area contributed by atoms with Gasteiger partial charge in [0, 0.05) is 6.42 Å². The lowest BCUT2D eigenvalue weighted by Gasteiger charge is -2.03. The van der Waals surface area contributed by atoms with E-state index in [2.05, 4.69) is 0 Å². The number of aryl methyl sites for hydroxylation is 1. The summed E-state index contributed by atoms with van der Waals surface area (Å²) in [6.45, 7) is 7.73. The predicted molar refractivity (Wildman–Crippen MR) is 72.7 cm³/mol. The number of Topliss-reactive ketones (excluding diaryl/α,β-unsaturated/α-hetero) is 1. The van der Waals surface area contributed by atoms with E-state index in [9.17, 15) is 9.59 Å². The molecular formula is C15H22O3. The number of carbonyl (C=O) groups is 2. The molecule has 0 saturated heterocycles. The third kappa shape index (κ3) is 6.18. The van der Waals surface area contributed by atoms with Gasteiger partial charge in [0.15, 0.2) is 0 Å². The average molecular weight is 250 g/mol. The van der Waals surface area contributed by atoms with E-state index >= 15 is 0 Å². The summed E-state index contributed by atoms with van der Waals surface area (Å²) in [4.78, 5) is 22.1. The normalized spacial score (nSPS) is 9.11. The van der Waals surface area contributed by atoms with Crippen molar-refractivity contribution in [1.82, 2.24) is 0 Å². The van der Waals surface area contributed by atoms with Crippen molar-refractivity contribution in [3.05, 3.63) is 35.4 Å². The van der Waals surface area contributed by atoms with Crippen LogP contribution < -0.4 is 0 Å². The first-order valence-corrected chi connectivity index (χ1v) is 6.39. The van der Waals surface area contributed by atoms with E-state index in [0.29, 0.717) is 18.6 Å². The SMILES string of the molecule is CC.CCOC(=O)c1ccc(CCC(C)=O)cc1. The van der Waals surface area contributed by atoms with Gasteiger partial charge in [-0.2, -0.15) is 0 Å². The van der Waals surface area contributed by atoms with E-state index in [1.54, 1.807) is 26.0 Å². The van der Waals surface area contributed by atoms with Crippen LogP contribution in [0.1, 0.15) is 50.0 Å². The van der Waals surface area contributed by atoms with Crippen LogP contribution in [0.25, 0.3) is 0 Å². The standard InChI is InChI=1S/C13H16O3.C2H6/c1-3-16-13(15)12-8-6-11(7-9-12)5-4-10(2)14;1-2/h6-9H,3-5H2,1-2H3;1-2H3. The molecule has 0 aliphatic rings. The van der Waals surface area contributed by atoms with Gasteiger partial charge in [-0.3, -0.25) is 0 Å². The van der Waals surface area contributed by atoms with Crippen molar-refractivity contribution in [2.75, 3.05) is 6.61 Å². The zero-order chi connectivity index (χ0) is 14.0. The average Bonchev–Trinajstić information content (AvgIpc) is 2.39. The van der Waals surface area contributed by atoms with Crippen LogP contribution in [0.3, 0.4) is 0 Å². The number of esters is 1. The molecule has 3 nitrogen and oxygen atoms in total. The maximum Gasteiger partial charge on any atom is 0.338 e. The van der Waals surface area contributed by atoms with Crippen molar-refractivity contribution < 1.29 is 14.3 Å². The molecule has 0 unspecified atom stereocenters. The first-order valence-electron chi connectivity index (χ1n) is 6.39. The third-order valence-electron chi connectivity index (χ3n) is 2.23. The van der Waals surface area contributed by atoms with Crippen LogP contribution in [-0.2, 0) is 16.0 Å². The Morgan fingerprint density at radius 1 is 1.11 bits per heavy atom. The van der Waals surface area contributed by atoms with Crippen LogP contribution in [0.2, 0.25) is 0 Å². The topological polar surface area (TPSA) is 43.4 Å². The lowest BCUT2D eigenvalue weighted by molar-refractivity contribution is -0.116. The summed E-state index contributed by atoms with van der Waals surface area (Å²) in [7, 11) is 0. The van der Waals surface area contributed by atoms with Crippen molar-refractivity contribution in [1.29, 1.82) is 0 Å². The van der Waals surface area contributed by atoms with Gasteiger partial charge in [-0.15, -0.1) is 0 Å². The highest BCUT2D eigenvalue weighted by Crippen LogP contribution is 2.08. The van der Waals surface area contributed by atoms with Gasteiger partial charge in [-0.05, 0) is 38.0 Å². The zero-order valence-electron chi connectivity index (χ0n) is 11.7. The highest BCUT2D eigenvalue weighted by Gasteiger charge is 2.05. The highest BCUT2D eigenvalue weighted by molar-refractivity contribution is 5.89. The molecule has 0 aliphatic heterocycles. The molecular weight excluding hydrogens is 228 g/mol. The van der Waals surface area contributed by atoms with Gasteiger partial charge in [0.05, 0.1) is 12.2 Å². The van der Waals surface area contributed by atoms with Crippen molar-refractivity contribution in [3.8, 4) is 0 Å². The number of carbonyl (C=O) groups excluding carboxylic acids is 2. The molecule has 0 radical (unpaired) electrons. The maximum absolute atomic E-state index is 11.3. The minimum atomic E-state index is -0.305. The lowest BCUT2D eigenvalue weighted by Crippen LogP contribution is -2.04. The maximum atomic E-state index is 11.3. The molecule has 1 aromatic carbocycles. The van der Waals surface area contributed by atoms with Crippen LogP contribution in [0.5, 0.6) is 0 Å². The summed E-state index contributed by atoms with van der Waals surface area (Å²) in [5.41, 5.74) is 1.61. The molecule has 0 fully saturated rings. The summed E-state index contributed by atoms with van der Waals surface area (Å²) < 4.78 is 4.87. The number of hydrogen-bond donors (Lipinski definition) is 0. The van der Waals surface area contributed by atoms with Crippen LogP contribution >= 0.6 is 0 Å². The van der Waals surface area contributed by atoms with Gasteiger partial charge in [-0.1, -0.05) is 26.0 Å². The van der Waals surface area contributed by atoms with E-state index < -0.39 is 0 Å². The van der Waals surface area contributed by atoms with Crippen molar-refractivity contribution >= 4 is 11.8 Å². The Balaban J connectivity index is 0.00000137. The molecule has 0 amide bonds. The zero-order valence-corrected chi connectivity index (χ0v) is 11.7. The minimum absolute atomic E-state index is 0.175. The molecule has 0 aromatic heterocycles. The van der Waals surface area contributed by atoms with Gasteiger partial charge in [0.2, 0.25) is 0 Å². The van der Waals surface area contributed by atoms with E-state index in [4.69, 9.17) is 4.74 Å². The Hall–Kier alpha value is -1.64. The molecule has 1 aromatic rings. The lowest BCUT2D eigenvalue weighted by atomic mass is 10.1. The van der Waals surface area contributed by atoms with E-state index in [-0.39, 0.29) is 11.8 Å². The number of ether oxygens (including phenoxy) is 1. The van der Waals surface area contributed by atoms with Crippen molar-refractivity contribution in [2.24, 2.45) is 0 Å². The fourth-order valence-corrected chi connectivity index (χ4v) is 1.34. The van der Waals surface area contributed by atoms with Gasteiger partial charge >= 0.3 is 5.97 Å². The first kappa shape index (κ1) is 16.4. The summed E-state index contributed by atoms with van der Waals surface area (Å²) in [5.74, 6) is -0.130. The fourth-order valence-electron chi connectivity index (χ4n) is 1.34. The smallest absolute Gasteiger partial charge is 0.338 e. The molecule has 0 heterocycles. The Labute approximate surface area is 109 Å². The monoisotopic (exact) mass is 250 g/mol. The second-order valence-corrected chi connectivity index (χ2v) is 3.62. The summed E-state index contributed by atoms with van der Waals surface area (Å²) >= 11 is 0. The number of rotatable bonds is 5. The van der Waals surface area contributed by atoms with Crippen molar-refractivity contribution in [2.45, 2.75) is 40.5 Å². The summed E-state index contributed by atoms with van der Waals surface area (Å²) in [6.07, 6.45) is 1.26. The van der Waals surface area contributed by atoms with Crippen LogP contribution in [0.15, 0.2) is 24.3 Å². The first-order chi connectivity index (χ1) is 8.63. The van der Waals surface area contributed by atoms with Crippen LogP contribution in [-0.4, -0.2) is 18.4 Å². The Morgan fingerprint density at radius 2 is 1.67 bits per heavy atom. The molecule has 0 aliphatic carbocycles. The summed E-state index contributed by atoms with van der Waals surface area (Å²) in [5, 5.41) is 0. The van der Waals surface area contributed by atoms with Gasteiger partial charge < -0.3 is 9.53 Å². The third-order valence-corrected chi connectivity index (χ3v) is 2.23. The highest BCUT2D eigenvalue weighted by atomic mass is 16.5. The van der Waals surface area contributed by atoms with Gasteiger partial charge in [-0.25, -0.2) is 4.79 Å². The Morgan fingerprint density at radius 3 is 2.11 bits per heavy atom. The molecule has 0 saturated carbocycles. The number of hydrogen-bond acceptors (Lipinski definition) is 3. The summed E-state index contributed by atoms with van der Waals surface area (Å²) in [6, 6.07) is 7.17. The molecule has 1 rings (SSSR count). The second kappa shape index (κ2) is 9.40. The molecule has 100 valence electrons. The molecule has 0 spiro atoms. The second-order valence-electron chi connectivity index (χ2n) is 3.62. The van der Waals surface area contributed by atoms with Gasteiger partial charge in [0.25, 0.3) is 0 Å². The van der Waals surface area contributed by atoms with E-state index in [1.165, 1.54) is 0 Å². The Kier molecular flexibility index (Phi) is 8.54. The quantitative estimate of drug-likeness (QED) is 0.752. The number of ketones is 1. The number of benzene rings is 1. The van der Waals surface area contributed by atoms with E-state index in [0.717, 1.165) is 12.0 Å². The minimum Gasteiger partial charge on any atom is -0.462 e. The predicted octanol–water partition coefficient (Wildman–Crippen LogP) is 3.41. The largest absolute Gasteiger partial charge is 0.462 e. The molecule has 0 bridgehead atoms. The molecule has 0 atom stereocenters. The Bertz CT molecular complexity index is 366. The van der Waals surface area contributed by atoms with Gasteiger partial charge in [0.1, 0.15) is 5.78 Å². The van der Waals surface area contributed by atoms with E-state index in [1.807, 2.05) is 26.0 Å². The molecule has 0 N–H and O–H groups in total. The van der Waals surface area contributed by atoms with Crippen LogP contribution in [0, 0.1) is 0 Å². The molecule has 18 heavy (non-hydrogen) atoms. The van der Waals surface area contributed by atoms with Crippen LogP contribution in [0.4, 0.5) is 0 Å². The fraction of sp³-hybridized carbons (Fsp3) is 0.467.